The Labute approximate surface area is 249 Å². The number of carbonyl (C=O) groups excluding carboxylic acids is 1. The fourth-order valence-corrected chi connectivity index (χ4v) is 6.48. The lowest BCUT2D eigenvalue weighted by Gasteiger charge is -2.40. The number of esters is 1. The Hall–Kier alpha value is -5.02. The molecule has 2 aliphatic rings. The third kappa shape index (κ3) is 4.19. The highest BCUT2D eigenvalue weighted by Gasteiger charge is 2.77. The number of fused-ring (bicyclic) bond motifs is 3. The maximum atomic E-state index is 13.9. The Morgan fingerprint density at radius 1 is 0.837 bits per heavy atom. The van der Waals surface area contributed by atoms with Crippen molar-refractivity contribution in [1.29, 1.82) is 0 Å². The quantitative estimate of drug-likeness (QED) is 0.215. The van der Waals surface area contributed by atoms with E-state index in [1.807, 2.05) is 72.8 Å². The van der Waals surface area contributed by atoms with E-state index in [1.165, 1.54) is 14.2 Å². The van der Waals surface area contributed by atoms with E-state index in [-0.39, 0.29) is 5.71 Å². The highest BCUT2D eigenvalue weighted by Crippen LogP contribution is 2.69. The summed E-state index contributed by atoms with van der Waals surface area (Å²) < 4.78 is 29.2. The van der Waals surface area contributed by atoms with Crippen molar-refractivity contribution in [3.05, 3.63) is 114 Å². The zero-order chi connectivity index (χ0) is 30.2. The number of nitrogens with one attached hydrogen (secondary N) is 1. The number of benzene rings is 4. The molecular formula is C34H32N2O7. The van der Waals surface area contributed by atoms with Crippen molar-refractivity contribution < 1.29 is 33.6 Å². The summed E-state index contributed by atoms with van der Waals surface area (Å²) in [4.78, 5) is 13.9. The van der Waals surface area contributed by atoms with Crippen LogP contribution in [-0.4, -0.2) is 45.2 Å². The lowest BCUT2D eigenvalue weighted by Crippen LogP contribution is -2.51. The van der Waals surface area contributed by atoms with Gasteiger partial charge in [0.05, 0.1) is 51.3 Å². The molecule has 0 radical (unpaired) electrons. The van der Waals surface area contributed by atoms with Gasteiger partial charge in [0.1, 0.15) is 28.9 Å². The van der Waals surface area contributed by atoms with Gasteiger partial charge in [-0.1, -0.05) is 60.7 Å². The zero-order valence-electron chi connectivity index (χ0n) is 24.2. The number of ether oxygens (including phenoxy) is 5. The third-order valence-electron chi connectivity index (χ3n) is 8.31. The number of rotatable bonds is 8. The predicted molar refractivity (Wildman–Crippen MR) is 161 cm³/mol. The molecule has 4 aromatic rings. The van der Waals surface area contributed by atoms with Crippen molar-refractivity contribution in [1.82, 2.24) is 0 Å². The minimum absolute atomic E-state index is 0.120. The third-order valence-corrected chi connectivity index (χ3v) is 8.31. The fraction of sp³-hybridized carbons (Fsp3) is 0.235. The number of nitrogens with zero attached hydrogens (tertiary/aromatic N) is 1. The molecule has 9 heteroatoms. The first kappa shape index (κ1) is 28.1. The van der Waals surface area contributed by atoms with E-state index < -0.39 is 29.0 Å². The highest BCUT2D eigenvalue weighted by atomic mass is 16.5. The van der Waals surface area contributed by atoms with Gasteiger partial charge in [-0.05, 0) is 29.8 Å². The van der Waals surface area contributed by atoms with Gasteiger partial charge < -0.3 is 28.8 Å². The van der Waals surface area contributed by atoms with Crippen LogP contribution in [0.3, 0.4) is 0 Å². The number of hydrogen-bond acceptors (Lipinski definition) is 9. The molecule has 0 unspecified atom stereocenters. The summed E-state index contributed by atoms with van der Waals surface area (Å²) in [5.41, 5.74) is 1.90. The van der Waals surface area contributed by atoms with Crippen LogP contribution in [0.2, 0.25) is 0 Å². The van der Waals surface area contributed by atoms with Crippen LogP contribution < -0.4 is 24.4 Å². The molecule has 0 amide bonds. The van der Waals surface area contributed by atoms with Gasteiger partial charge in [-0.3, -0.25) is 10.2 Å². The van der Waals surface area contributed by atoms with Crippen molar-refractivity contribution in [2.24, 2.45) is 11.0 Å². The topological polar surface area (TPSA) is 108 Å². The van der Waals surface area contributed by atoms with Gasteiger partial charge in [-0.2, -0.15) is 5.10 Å². The molecule has 9 nitrogen and oxygen atoms in total. The highest BCUT2D eigenvalue weighted by molar-refractivity contribution is 6.13. The van der Waals surface area contributed by atoms with E-state index in [9.17, 15) is 9.90 Å². The largest absolute Gasteiger partial charge is 0.497 e. The summed E-state index contributed by atoms with van der Waals surface area (Å²) in [5.74, 6) is -0.670. The van der Waals surface area contributed by atoms with E-state index in [1.54, 1.807) is 38.5 Å². The molecule has 0 spiro atoms. The van der Waals surface area contributed by atoms with Gasteiger partial charge in [0, 0.05) is 17.7 Å². The van der Waals surface area contributed by atoms with E-state index in [0.29, 0.717) is 39.8 Å². The maximum Gasteiger partial charge on any atom is 0.315 e. The van der Waals surface area contributed by atoms with Crippen LogP contribution in [0.1, 0.15) is 22.6 Å². The van der Waals surface area contributed by atoms with Gasteiger partial charge in [-0.15, -0.1) is 0 Å². The van der Waals surface area contributed by atoms with Gasteiger partial charge >= 0.3 is 5.97 Å². The number of aliphatic hydroxyl groups is 1. The Kier molecular flexibility index (Phi) is 7.19. The van der Waals surface area contributed by atoms with Crippen molar-refractivity contribution >= 4 is 17.4 Å². The number of para-hydroxylation sites is 1. The lowest BCUT2D eigenvalue weighted by molar-refractivity contribution is -0.145. The monoisotopic (exact) mass is 580 g/mol. The van der Waals surface area contributed by atoms with Crippen LogP contribution in [0, 0.1) is 5.92 Å². The summed E-state index contributed by atoms with van der Waals surface area (Å²) in [6.45, 7) is 0. The molecular weight excluding hydrogens is 548 g/mol. The van der Waals surface area contributed by atoms with Crippen LogP contribution in [0.25, 0.3) is 0 Å². The minimum Gasteiger partial charge on any atom is -0.497 e. The summed E-state index contributed by atoms with van der Waals surface area (Å²) in [6, 6.07) is 29.4. The summed E-state index contributed by atoms with van der Waals surface area (Å²) in [7, 11) is 5.96. The smallest absolute Gasteiger partial charge is 0.315 e. The normalized spacial score (nSPS) is 24.4. The molecule has 6 rings (SSSR count). The standard InChI is InChI=1S/C34H32N2O7/c1-39-24-17-15-22(16-18-24)34-29(21-11-7-5-8-12-21)28(32(37)42-4)31(36-35-23-13-9-6-10-14-23)33(34,38)30-26(41-3)19-25(40-2)20-27(30)43-34/h5-20,28-29,35,38H,1-4H3/b36-31+/t28-,29-,33+,34+/m1/s1. The molecule has 1 fully saturated rings. The predicted octanol–water partition coefficient (Wildman–Crippen LogP) is 5.24. The Morgan fingerprint density at radius 3 is 2.09 bits per heavy atom. The second kappa shape index (κ2) is 11.0. The number of methoxy groups -OCH3 is 4. The average molecular weight is 581 g/mol. The van der Waals surface area contributed by atoms with Gasteiger partial charge in [0.15, 0.2) is 11.2 Å². The van der Waals surface area contributed by atoms with Crippen molar-refractivity contribution in [2.75, 3.05) is 33.9 Å². The number of hydrazone groups is 1. The van der Waals surface area contributed by atoms with E-state index in [2.05, 4.69) is 5.43 Å². The maximum absolute atomic E-state index is 13.9. The molecule has 2 N–H and O–H groups in total. The van der Waals surface area contributed by atoms with Gasteiger partial charge in [0.2, 0.25) is 0 Å². The molecule has 4 atom stereocenters. The van der Waals surface area contributed by atoms with Crippen molar-refractivity contribution in [2.45, 2.75) is 17.1 Å². The second-order valence-electron chi connectivity index (χ2n) is 10.3. The molecule has 1 aliphatic carbocycles. The van der Waals surface area contributed by atoms with Crippen molar-refractivity contribution in [3.8, 4) is 23.0 Å². The molecule has 1 saturated carbocycles. The number of hydrogen-bond donors (Lipinski definition) is 2. The van der Waals surface area contributed by atoms with E-state index >= 15 is 0 Å². The average Bonchev–Trinajstić information content (AvgIpc) is 3.45. The van der Waals surface area contributed by atoms with Crippen LogP contribution in [-0.2, 0) is 20.7 Å². The fourth-order valence-electron chi connectivity index (χ4n) is 6.48. The Morgan fingerprint density at radius 2 is 1.49 bits per heavy atom. The molecule has 43 heavy (non-hydrogen) atoms. The second-order valence-corrected chi connectivity index (χ2v) is 10.3. The van der Waals surface area contributed by atoms with Gasteiger partial charge in [-0.25, -0.2) is 0 Å². The van der Waals surface area contributed by atoms with Crippen LogP contribution in [0.5, 0.6) is 23.0 Å². The van der Waals surface area contributed by atoms with Crippen LogP contribution >= 0.6 is 0 Å². The number of carbonyl (C=O) groups is 1. The molecule has 4 aromatic carbocycles. The molecule has 0 bridgehead atoms. The summed E-state index contributed by atoms with van der Waals surface area (Å²) in [5, 5.41) is 18.2. The lowest BCUT2D eigenvalue weighted by atomic mass is 9.70. The van der Waals surface area contributed by atoms with Crippen LogP contribution in [0.4, 0.5) is 5.69 Å². The molecule has 1 aliphatic heterocycles. The first-order chi connectivity index (χ1) is 20.9. The van der Waals surface area contributed by atoms with Gasteiger partial charge in [0.25, 0.3) is 0 Å². The minimum atomic E-state index is -2.02. The molecule has 0 aromatic heterocycles. The molecule has 220 valence electrons. The van der Waals surface area contributed by atoms with Crippen LogP contribution in [0.15, 0.2) is 102 Å². The Bertz CT molecular complexity index is 1660. The first-order valence-electron chi connectivity index (χ1n) is 13.8. The molecule has 0 saturated heterocycles. The van der Waals surface area contributed by atoms with Crippen molar-refractivity contribution in [3.63, 3.8) is 0 Å². The zero-order valence-corrected chi connectivity index (χ0v) is 24.2. The summed E-state index contributed by atoms with van der Waals surface area (Å²) in [6.07, 6.45) is 0. The SMILES string of the molecule is COC(=O)[C@H]1/C(=N\Nc2ccccc2)[C@@]2(O)c3c(OC)cc(OC)cc3O[C@@]2(c2ccc(OC)cc2)[C@@H]1c1ccccc1. The van der Waals surface area contributed by atoms with E-state index in [0.717, 1.165) is 5.56 Å². The molecule has 1 heterocycles. The first-order valence-corrected chi connectivity index (χ1v) is 13.8. The Balaban J connectivity index is 1.73. The summed E-state index contributed by atoms with van der Waals surface area (Å²) >= 11 is 0. The van der Waals surface area contributed by atoms with E-state index in [4.69, 9.17) is 28.8 Å². The number of anilines is 1.